The molecule has 0 aliphatic heterocycles. The van der Waals surface area contributed by atoms with E-state index in [2.05, 4.69) is 25.6 Å². The average molecular weight is 812 g/mol. The SMILES string of the molecule is Cc1nn(-c2ccc(S(=O)(=O)O)cc2)c(O)c1/N=N/c1ccc(-c2ccc(/N=N/c3ccc4c(S(=O)(=O)O)cc(S(=O)(=O)O)c(N)c4c3O)c(O)c2)cc1O. The molecule has 55 heavy (non-hydrogen) atoms. The highest BCUT2D eigenvalue weighted by molar-refractivity contribution is 7.87. The van der Waals surface area contributed by atoms with Crippen LogP contribution in [0.4, 0.5) is 28.4 Å². The van der Waals surface area contributed by atoms with Gasteiger partial charge in [-0.2, -0.15) is 35.0 Å². The second kappa shape index (κ2) is 13.7. The van der Waals surface area contributed by atoms with Gasteiger partial charge in [0, 0.05) is 5.39 Å². The lowest BCUT2D eigenvalue weighted by molar-refractivity contribution is 0.434. The van der Waals surface area contributed by atoms with Crippen LogP contribution < -0.4 is 5.73 Å². The monoisotopic (exact) mass is 811 g/mol. The van der Waals surface area contributed by atoms with Crippen LogP contribution in [0.25, 0.3) is 27.6 Å². The van der Waals surface area contributed by atoms with Crippen molar-refractivity contribution in [1.82, 2.24) is 9.78 Å². The Balaban J connectivity index is 1.25. The number of hydrogen-bond acceptors (Lipinski definition) is 16. The van der Waals surface area contributed by atoms with E-state index in [1.807, 2.05) is 0 Å². The van der Waals surface area contributed by atoms with Crippen LogP contribution in [0.15, 0.2) is 114 Å². The van der Waals surface area contributed by atoms with Crippen molar-refractivity contribution in [3.8, 4) is 39.9 Å². The van der Waals surface area contributed by atoms with Crippen molar-refractivity contribution < 1.29 is 59.3 Å². The molecule has 0 aliphatic rings. The van der Waals surface area contributed by atoms with E-state index in [9.17, 15) is 59.3 Å². The molecule has 284 valence electrons. The molecule has 0 saturated heterocycles. The van der Waals surface area contributed by atoms with Gasteiger partial charge in [-0.05, 0) is 78.7 Å². The fraction of sp³-hybridized carbons (Fsp3) is 0.0312. The molecule has 5 aromatic carbocycles. The second-order valence-electron chi connectivity index (χ2n) is 11.5. The molecule has 0 amide bonds. The van der Waals surface area contributed by atoms with Gasteiger partial charge in [-0.3, -0.25) is 13.7 Å². The van der Waals surface area contributed by atoms with Crippen LogP contribution in [0.2, 0.25) is 0 Å². The summed E-state index contributed by atoms with van der Waals surface area (Å²) in [6, 6.07) is 15.8. The van der Waals surface area contributed by atoms with Crippen LogP contribution in [-0.2, 0) is 30.4 Å². The third kappa shape index (κ3) is 7.50. The Morgan fingerprint density at radius 2 is 1.13 bits per heavy atom. The molecule has 1 aromatic heterocycles. The van der Waals surface area contributed by atoms with Crippen molar-refractivity contribution in [3.63, 3.8) is 0 Å². The maximum atomic E-state index is 12.0. The molecule has 6 aromatic rings. The molecule has 23 heteroatoms. The minimum Gasteiger partial charge on any atom is -0.506 e. The van der Waals surface area contributed by atoms with Crippen LogP contribution >= 0.6 is 0 Å². The third-order valence-electron chi connectivity index (χ3n) is 7.97. The van der Waals surface area contributed by atoms with Crippen LogP contribution in [0.1, 0.15) is 5.69 Å². The zero-order valence-electron chi connectivity index (χ0n) is 27.6. The molecule has 20 nitrogen and oxygen atoms in total. The van der Waals surface area contributed by atoms with Crippen molar-refractivity contribution in [1.29, 1.82) is 0 Å². The number of aromatic hydroxyl groups is 4. The van der Waals surface area contributed by atoms with Gasteiger partial charge >= 0.3 is 0 Å². The highest BCUT2D eigenvalue weighted by atomic mass is 32.2. The number of aryl methyl sites for hydroxylation is 1. The summed E-state index contributed by atoms with van der Waals surface area (Å²) in [5.74, 6) is -2.05. The Morgan fingerprint density at radius 3 is 1.64 bits per heavy atom. The Labute approximate surface area is 310 Å². The number of nitrogen functional groups attached to an aromatic ring is 1. The molecule has 0 aliphatic carbocycles. The van der Waals surface area contributed by atoms with Crippen LogP contribution in [0.5, 0.6) is 23.1 Å². The van der Waals surface area contributed by atoms with Gasteiger partial charge in [-0.25, -0.2) is 0 Å². The molecule has 0 atom stereocenters. The van der Waals surface area contributed by atoms with E-state index < -0.39 is 68.6 Å². The summed E-state index contributed by atoms with van der Waals surface area (Å²) in [5, 5.41) is 61.9. The summed E-state index contributed by atoms with van der Waals surface area (Å²) >= 11 is 0. The summed E-state index contributed by atoms with van der Waals surface area (Å²) in [6.07, 6.45) is 0. The first-order valence-electron chi connectivity index (χ1n) is 15.0. The quantitative estimate of drug-likeness (QED) is 0.0473. The number of rotatable bonds is 9. The topological polar surface area (TPSA) is 337 Å². The first-order valence-corrected chi connectivity index (χ1v) is 19.4. The molecule has 0 radical (unpaired) electrons. The fourth-order valence-electron chi connectivity index (χ4n) is 5.31. The summed E-state index contributed by atoms with van der Waals surface area (Å²) < 4.78 is 99.7. The van der Waals surface area contributed by atoms with E-state index in [0.29, 0.717) is 17.2 Å². The van der Waals surface area contributed by atoms with E-state index in [0.717, 1.165) is 28.9 Å². The van der Waals surface area contributed by atoms with E-state index >= 15 is 0 Å². The number of anilines is 1. The van der Waals surface area contributed by atoms with Gasteiger partial charge in [0.15, 0.2) is 11.4 Å². The van der Waals surface area contributed by atoms with Gasteiger partial charge in [-0.1, -0.05) is 18.2 Å². The molecule has 9 N–H and O–H groups in total. The van der Waals surface area contributed by atoms with Gasteiger partial charge in [0.1, 0.15) is 38.4 Å². The zero-order valence-corrected chi connectivity index (χ0v) is 30.0. The maximum absolute atomic E-state index is 12.0. The average Bonchev–Trinajstić information content (AvgIpc) is 3.38. The van der Waals surface area contributed by atoms with Crippen molar-refractivity contribution in [2.24, 2.45) is 20.5 Å². The fourth-order valence-corrected chi connectivity index (χ4v) is 7.23. The van der Waals surface area contributed by atoms with Gasteiger partial charge in [-0.15, -0.1) is 20.5 Å². The maximum Gasteiger partial charge on any atom is 0.296 e. The molecule has 0 spiro atoms. The minimum absolute atomic E-state index is 0.00862. The minimum atomic E-state index is -5.12. The predicted octanol–water partition coefficient (Wildman–Crippen LogP) is 5.98. The first kappa shape index (κ1) is 38.2. The Hall–Kier alpha value is -6.50. The first-order chi connectivity index (χ1) is 25.6. The highest BCUT2D eigenvalue weighted by Crippen LogP contribution is 2.44. The molecular weight excluding hydrogens is 787 g/mol. The van der Waals surface area contributed by atoms with Gasteiger partial charge < -0.3 is 26.2 Å². The number of nitrogens with two attached hydrogens (primary N) is 1. The number of azo groups is 2. The van der Waals surface area contributed by atoms with Crippen LogP contribution in [0.3, 0.4) is 0 Å². The number of phenolic OH excluding ortho intramolecular Hbond substituents is 3. The van der Waals surface area contributed by atoms with E-state index in [4.69, 9.17) is 5.73 Å². The molecular formula is C32H25N7O13S3. The summed E-state index contributed by atoms with van der Waals surface area (Å²) in [4.78, 5) is -2.42. The van der Waals surface area contributed by atoms with Crippen molar-refractivity contribution >= 4 is 69.6 Å². The normalized spacial score (nSPS) is 12.7. The largest absolute Gasteiger partial charge is 0.506 e. The third-order valence-corrected chi connectivity index (χ3v) is 10.6. The lowest BCUT2D eigenvalue weighted by atomic mass is 10.0. The van der Waals surface area contributed by atoms with Crippen molar-refractivity contribution in [3.05, 3.63) is 84.6 Å². The molecule has 0 bridgehead atoms. The van der Waals surface area contributed by atoms with Gasteiger partial charge in [0.05, 0.1) is 27.4 Å². The van der Waals surface area contributed by atoms with Crippen LogP contribution in [0, 0.1) is 6.92 Å². The molecule has 6 rings (SSSR count). The van der Waals surface area contributed by atoms with E-state index in [1.165, 1.54) is 55.5 Å². The molecule has 0 unspecified atom stereocenters. The summed E-state index contributed by atoms with van der Waals surface area (Å²) in [5.41, 5.74) is 5.85. The number of phenols is 3. The Bertz CT molecular complexity index is 2970. The van der Waals surface area contributed by atoms with E-state index in [-0.39, 0.29) is 50.2 Å². The summed E-state index contributed by atoms with van der Waals surface area (Å²) in [7, 11) is -14.6. The smallest absolute Gasteiger partial charge is 0.296 e. The number of fused-ring (bicyclic) bond motifs is 1. The van der Waals surface area contributed by atoms with Crippen molar-refractivity contribution in [2.45, 2.75) is 21.6 Å². The predicted molar refractivity (Wildman–Crippen MR) is 193 cm³/mol. The lowest BCUT2D eigenvalue weighted by Gasteiger charge is -2.13. The highest BCUT2D eigenvalue weighted by Gasteiger charge is 2.27. The van der Waals surface area contributed by atoms with Crippen LogP contribution in [-0.4, -0.2) is 69.1 Å². The van der Waals surface area contributed by atoms with E-state index in [1.54, 1.807) is 0 Å². The Kier molecular flexibility index (Phi) is 9.54. The van der Waals surface area contributed by atoms with Gasteiger partial charge in [0.25, 0.3) is 30.4 Å². The molecule has 1 heterocycles. The summed E-state index contributed by atoms with van der Waals surface area (Å²) in [6.45, 7) is 1.53. The number of aromatic nitrogens is 2. The molecule has 0 saturated carbocycles. The zero-order chi connectivity index (χ0) is 40.2. The van der Waals surface area contributed by atoms with Gasteiger partial charge in [0.2, 0.25) is 5.88 Å². The Morgan fingerprint density at radius 1 is 0.618 bits per heavy atom. The number of hydrogen-bond donors (Lipinski definition) is 8. The van der Waals surface area contributed by atoms with Crippen molar-refractivity contribution in [2.75, 3.05) is 5.73 Å². The standard InChI is InChI=1S/C32H25N7O13S3/c1-15-30(32(43)39(38-15)18-4-6-19(7-5-18)53(44,45)46)37-35-22-10-3-17(13-25(22)41)16-2-9-21(24(40)12-16)34-36-23-11-8-20-26(54(47,48)49)14-27(55(50,51)52)29(33)28(20)31(23)42/h2-14,40-43H,33H2,1H3,(H,44,45,46)(H,47,48,49)(H,50,51,52)/b36-34+,37-35+. The number of nitrogens with zero attached hydrogens (tertiary/aromatic N) is 6. The lowest BCUT2D eigenvalue weighted by Crippen LogP contribution is -2.08. The number of benzene rings is 5. The molecule has 0 fully saturated rings. The second-order valence-corrected chi connectivity index (χ2v) is 15.7.